The summed E-state index contributed by atoms with van der Waals surface area (Å²) in [4.78, 5) is 41.0. The van der Waals surface area contributed by atoms with Crippen molar-refractivity contribution in [3.05, 3.63) is 54.5 Å². The minimum atomic E-state index is -4.52. The molecule has 17 heteroatoms. The monoisotopic (exact) mass is 651 g/mol. The van der Waals surface area contributed by atoms with Gasteiger partial charge < -0.3 is 29.2 Å². The standard InChI is InChI=1S/C28H35FN5O10P/c1-16(2)40-27(37)17(3)33-45(38,44-20-9-7-6-8-10-20)39-14-28(13-29)25(42-19(5)36)24(41-18(4)35)23(43-28)21-11-12-22-26(30)31-15-32-34(21)22/h6-12,15-17,23-25H,13-14H2,1-5H3,(H,33,38)(H2,30,31,32)/t17-,23-,24-,25-,28+,45?/m0/s1. The highest BCUT2D eigenvalue weighted by atomic mass is 31.2. The number of esters is 3. The number of anilines is 1. The second-order valence-corrected chi connectivity index (χ2v) is 12.2. The molecule has 15 nitrogen and oxygen atoms in total. The van der Waals surface area contributed by atoms with Crippen LogP contribution in [-0.4, -0.2) is 75.7 Å². The number of aromatic nitrogens is 3. The highest BCUT2D eigenvalue weighted by molar-refractivity contribution is 7.52. The number of fused-ring (bicyclic) bond motifs is 1. The SMILES string of the molecule is CC(=O)O[C@H]1[C@H](c2ccc3c(N)ncnn23)O[C@](CF)(COP(=O)(N[C@@H](C)C(=O)OC(C)C)Oc2ccccc2)[C@H]1OC(C)=O. The van der Waals surface area contributed by atoms with Crippen LogP contribution in [0.2, 0.25) is 0 Å². The van der Waals surface area contributed by atoms with Crippen LogP contribution in [0.1, 0.15) is 46.4 Å². The zero-order valence-electron chi connectivity index (χ0n) is 25.2. The molecule has 0 saturated carbocycles. The van der Waals surface area contributed by atoms with E-state index in [2.05, 4.69) is 15.2 Å². The number of rotatable bonds is 13. The molecule has 244 valence electrons. The van der Waals surface area contributed by atoms with Crippen LogP contribution in [0.3, 0.4) is 0 Å². The molecular formula is C28H35FN5O10P. The zero-order valence-corrected chi connectivity index (χ0v) is 26.1. The molecule has 3 aromatic rings. The molecule has 1 aromatic carbocycles. The molecular weight excluding hydrogens is 616 g/mol. The molecule has 0 amide bonds. The summed E-state index contributed by atoms with van der Waals surface area (Å²) < 4.78 is 64.6. The molecule has 1 unspecified atom stereocenters. The van der Waals surface area contributed by atoms with Gasteiger partial charge in [-0.25, -0.2) is 18.5 Å². The van der Waals surface area contributed by atoms with Crippen molar-refractivity contribution in [2.45, 2.75) is 70.7 Å². The number of carbonyl (C=O) groups excluding carboxylic acids is 3. The van der Waals surface area contributed by atoms with E-state index in [4.69, 9.17) is 33.7 Å². The first kappa shape index (κ1) is 33.8. The van der Waals surface area contributed by atoms with E-state index in [0.29, 0.717) is 5.52 Å². The van der Waals surface area contributed by atoms with E-state index >= 15 is 4.39 Å². The van der Waals surface area contributed by atoms with Crippen molar-refractivity contribution >= 4 is 37.0 Å². The number of halogens is 1. The van der Waals surface area contributed by atoms with Gasteiger partial charge in [0.05, 0.1) is 18.4 Å². The first-order chi connectivity index (χ1) is 21.3. The normalized spacial score (nSPS) is 23.3. The lowest BCUT2D eigenvalue weighted by Crippen LogP contribution is -2.52. The average Bonchev–Trinajstić information content (AvgIpc) is 3.52. The maximum atomic E-state index is 15.3. The molecule has 2 aromatic heterocycles. The van der Waals surface area contributed by atoms with Crippen LogP contribution in [0.15, 0.2) is 48.8 Å². The summed E-state index contributed by atoms with van der Waals surface area (Å²) in [5, 5.41) is 6.69. The summed E-state index contributed by atoms with van der Waals surface area (Å²) in [6.07, 6.45) is -3.58. The third kappa shape index (κ3) is 7.76. The van der Waals surface area contributed by atoms with Gasteiger partial charge in [-0.15, -0.1) is 0 Å². The van der Waals surface area contributed by atoms with Gasteiger partial charge in [-0.1, -0.05) is 18.2 Å². The Bertz CT molecular complexity index is 1570. The Kier molecular flexibility index (Phi) is 10.4. The molecule has 1 aliphatic rings. The second-order valence-electron chi connectivity index (χ2n) is 10.6. The van der Waals surface area contributed by atoms with E-state index in [-0.39, 0.29) is 17.3 Å². The van der Waals surface area contributed by atoms with Crippen LogP contribution in [-0.2, 0) is 42.4 Å². The molecule has 1 fully saturated rings. The number of benzene rings is 1. The smallest absolute Gasteiger partial charge is 0.459 e. The molecule has 45 heavy (non-hydrogen) atoms. The number of alkyl halides is 1. The van der Waals surface area contributed by atoms with Crippen molar-refractivity contribution in [3.8, 4) is 5.75 Å². The molecule has 0 spiro atoms. The molecule has 3 heterocycles. The summed E-state index contributed by atoms with van der Waals surface area (Å²) >= 11 is 0. The number of ether oxygens (including phenoxy) is 4. The van der Waals surface area contributed by atoms with Crippen molar-refractivity contribution in [1.82, 2.24) is 19.7 Å². The maximum Gasteiger partial charge on any atom is 0.459 e. The Morgan fingerprint density at radius 1 is 1.11 bits per heavy atom. The Labute approximate surface area is 258 Å². The van der Waals surface area contributed by atoms with Gasteiger partial charge >= 0.3 is 25.7 Å². The number of nitrogen functional groups attached to an aromatic ring is 1. The lowest BCUT2D eigenvalue weighted by molar-refractivity contribution is -0.172. The molecule has 0 aliphatic carbocycles. The number of nitrogens with zero attached hydrogens (tertiary/aromatic N) is 3. The van der Waals surface area contributed by atoms with Crippen LogP contribution in [0.25, 0.3) is 5.52 Å². The van der Waals surface area contributed by atoms with E-state index < -0.39 is 75.0 Å². The lowest BCUT2D eigenvalue weighted by atomic mass is 9.95. The summed E-state index contributed by atoms with van der Waals surface area (Å²) in [5.74, 6) is -2.16. The van der Waals surface area contributed by atoms with Gasteiger partial charge in [0.25, 0.3) is 0 Å². The third-order valence-electron chi connectivity index (χ3n) is 6.61. The summed E-state index contributed by atoms with van der Waals surface area (Å²) in [6, 6.07) is 9.84. The molecule has 1 aliphatic heterocycles. The van der Waals surface area contributed by atoms with Gasteiger partial charge in [0.15, 0.2) is 23.6 Å². The quantitative estimate of drug-likeness (QED) is 0.156. The van der Waals surface area contributed by atoms with Gasteiger partial charge in [0.2, 0.25) is 0 Å². The lowest BCUT2D eigenvalue weighted by Gasteiger charge is -2.33. The van der Waals surface area contributed by atoms with Gasteiger partial charge in [-0.3, -0.25) is 18.9 Å². The van der Waals surface area contributed by atoms with Crippen molar-refractivity contribution in [1.29, 1.82) is 0 Å². The summed E-state index contributed by atoms with van der Waals surface area (Å²) in [7, 11) is -4.52. The maximum absolute atomic E-state index is 15.3. The molecule has 6 atom stereocenters. The van der Waals surface area contributed by atoms with Gasteiger partial charge in [0, 0.05) is 13.8 Å². The number of nitrogens with one attached hydrogen (secondary N) is 1. The fraction of sp³-hybridized carbons (Fsp3) is 0.464. The number of para-hydroxylation sites is 1. The minimum absolute atomic E-state index is 0.100. The van der Waals surface area contributed by atoms with Gasteiger partial charge in [-0.2, -0.15) is 10.2 Å². The van der Waals surface area contributed by atoms with Gasteiger partial charge in [0.1, 0.15) is 36.4 Å². The van der Waals surface area contributed by atoms with Crippen LogP contribution in [0.4, 0.5) is 10.2 Å². The number of nitrogens with two attached hydrogens (primary N) is 1. The fourth-order valence-corrected chi connectivity index (χ4v) is 6.27. The van der Waals surface area contributed by atoms with Crippen molar-refractivity contribution in [2.24, 2.45) is 0 Å². The predicted octanol–water partition coefficient (Wildman–Crippen LogP) is 3.09. The van der Waals surface area contributed by atoms with Crippen LogP contribution >= 0.6 is 7.75 Å². The number of carbonyl (C=O) groups is 3. The van der Waals surface area contributed by atoms with E-state index in [0.717, 1.165) is 13.8 Å². The first-order valence-electron chi connectivity index (χ1n) is 13.9. The first-order valence-corrected chi connectivity index (χ1v) is 15.5. The molecule has 0 radical (unpaired) electrons. The Hall–Kier alpha value is -4.11. The number of hydrogen-bond donors (Lipinski definition) is 2. The topological polar surface area (TPSA) is 192 Å². The third-order valence-corrected chi connectivity index (χ3v) is 8.23. The van der Waals surface area contributed by atoms with Gasteiger partial charge in [-0.05, 0) is 45.0 Å². The molecule has 0 bridgehead atoms. The zero-order chi connectivity index (χ0) is 32.9. The van der Waals surface area contributed by atoms with Crippen molar-refractivity contribution in [3.63, 3.8) is 0 Å². The summed E-state index contributed by atoms with van der Waals surface area (Å²) in [5.41, 5.74) is 4.41. The predicted molar refractivity (Wildman–Crippen MR) is 155 cm³/mol. The minimum Gasteiger partial charge on any atom is -0.462 e. The number of hydrogen-bond acceptors (Lipinski definition) is 13. The van der Waals surface area contributed by atoms with E-state index in [9.17, 15) is 18.9 Å². The molecule has 4 rings (SSSR count). The molecule has 1 saturated heterocycles. The van der Waals surface area contributed by atoms with E-state index in [1.807, 2.05) is 0 Å². The largest absolute Gasteiger partial charge is 0.462 e. The summed E-state index contributed by atoms with van der Waals surface area (Å²) in [6.45, 7) is 4.64. The van der Waals surface area contributed by atoms with Crippen molar-refractivity contribution < 1.29 is 51.3 Å². The Balaban J connectivity index is 1.73. The highest BCUT2D eigenvalue weighted by Crippen LogP contribution is 2.50. The Morgan fingerprint density at radius 2 is 1.80 bits per heavy atom. The average molecular weight is 652 g/mol. The fourth-order valence-electron chi connectivity index (χ4n) is 4.72. The van der Waals surface area contributed by atoms with E-state index in [1.54, 1.807) is 44.2 Å². The molecule has 3 N–H and O–H groups in total. The van der Waals surface area contributed by atoms with Crippen LogP contribution in [0, 0.1) is 0 Å². The van der Waals surface area contributed by atoms with E-state index in [1.165, 1.54) is 29.9 Å². The van der Waals surface area contributed by atoms with Crippen LogP contribution < -0.4 is 15.3 Å². The Morgan fingerprint density at radius 3 is 2.42 bits per heavy atom. The van der Waals surface area contributed by atoms with Crippen molar-refractivity contribution in [2.75, 3.05) is 19.0 Å². The second kappa shape index (κ2) is 13.9. The van der Waals surface area contributed by atoms with Crippen LogP contribution in [0.5, 0.6) is 5.75 Å². The highest BCUT2D eigenvalue weighted by Gasteiger charge is 2.61.